The summed E-state index contributed by atoms with van der Waals surface area (Å²) < 4.78 is 5.01. The lowest BCUT2D eigenvalue weighted by Crippen LogP contribution is -2.19. The topological polar surface area (TPSA) is 98.4 Å². The van der Waals surface area contributed by atoms with Crippen LogP contribution in [0, 0.1) is 6.92 Å². The second kappa shape index (κ2) is 5.01. The van der Waals surface area contributed by atoms with Crippen LogP contribution in [0.2, 0.25) is 0 Å². The van der Waals surface area contributed by atoms with E-state index in [1.807, 2.05) is 24.9 Å². The van der Waals surface area contributed by atoms with E-state index in [1.165, 1.54) is 0 Å². The molecular weight excluding hydrogens is 244 g/mol. The fourth-order valence-corrected chi connectivity index (χ4v) is 1.85. The Balaban J connectivity index is 2.25. The van der Waals surface area contributed by atoms with Crippen LogP contribution in [-0.2, 0) is 6.54 Å². The number of hydrogen-bond donors (Lipinski definition) is 2. The maximum atomic E-state index is 11.2. The van der Waals surface area contributed by atoms with Gasteiger partial charge in [-0.05, 0) is 25.1 Å². The van der Waals surface area contributed by atoms with Crippen molar-refractivity contribution in [1.29, 1.82) is 0 Å². The Morgan fingerprint density at radius 3 is 2.74 bits per heavy atom. The minimum absolute atomic E-state index is 0.424. The summed E-state index contributed by atoms with van der Waals surface area (Å²) in [6.07, 6.45) is 0. The van der Waals surface area contributed by atoms with Crippen molar-refractivity contribution < 1.29 is 9.32 Å². The molecule has 0 unspecified atom stereocenters. The SMILES string of the molecule is Cc1cc(CN(C)c2cc(C(N)=O)ccc2N)no1. The van der Waals surface area contributed by atoms with Gasteiger partial charge >= 0.3 is 0 Å². The Bertz CT molecular complexity index is 606. The molecule has 1 aromatic heterocycles. The third-order valence-corrected chi connectivity index (χ3v) is 2.80. The fourth-order valence-electron chi connectivity index (χ4n) is 1.85. The smallest absolute Gasteiger partial charge is 0.248 e. The van der Waals surface area contributed by atoms with E-state index in [0.717, 1.165) is 17.1 Å². The van der Waals surface area contributed by atoms with Crippen LogP contribution in [0.5, 0.6) is 0 Å². The number of primary amides is 1. The van der Waals surface area contributed by atoms with Gasteiger partial charge in [0, 0.05) is 18.7 Å². The summed E-state index contributed by atoms with van der Waals surface area (Å²) in [6, 6.07) is 6.80. The Labute approximate surface area is 111 Å². The molecule has 0 aliphatic heterocycles. The lowest BCUT2D eigenvalue weighted by atomic mass is 10.1. The molecular formula is C13H16N4O2. The largest absolute Gasteiger partial charge is 0.397 e. The standard InChI is InChI=1S/C13H16N4O2/c1-8-5-10(16-19-8)7-17(2)12-6-9(13(15)18)3-4-11(12)14/h3-6H,7,14H2,1-2H3,(H2,15,18). The highest BCUT2D eigenvalue weighted by Crippen LogP contribution is 2.24. The van der Waals surface area contributed by atoms with Crippen molar-refractivity contribution in [3.63, 3.8) is 0 Å². The first-order chi connectivity index (χ1) is 8.97. The molecule has 1 amide bonds. The van der Waals surface area contributed by atoms with Gasteiger partial charge in [0.2, 0.25) is 5.91 Å². The van der Waals surface area contributed by atoms with Gasteiger partial charge < -0.3 is 20.9 Å². The first-order valence-electron chi connectivity index (χ1n) is 5.80. The van der Waals surface area contributed by atoms with Gasteiger partial charge in [0.1, 0.15) is 11.5 Å². The number of nitrogen functional groups attached to an aromatic ring is 1. The summed E-state index contributed by atoms with van der Waals surface area (Å²) in [5.41, 5.74) is 13.7. The molecule has 1 aromatic carbocycles. The van der Waals surface area contributed by atoms with Gasteiger partial charge in [-0.1, -0.05) is 5.16 Å². The van der Waals surface area contributed by atoms with E-state index < -0.39 is 5.91 Å². The average Bonchev–Trinajstić information content (AvgIpc) is 2.74. The van der Waals surface area contributed by atoms with Gasteiger partial charge in [0.25, 0.3) is 0 Å². The van der Waals surface area contributed by atoms with Gasteiger partial charge in [-0.3, -0.25) is 4.79 Å². The molecule has 19 heavy (non-hydrogen) atoms. The summed E-state index contributed by atoms with van der Waals surface area (Å²) in [5, 5.41) is 3.92. The number of carbonyl (C=O) groups excluding carboxylic acids is 1. The molecule has 0 radical (unpaired) electrons. The number of carbonyl (C=O) groups is 1. The lowest BCUT2D eigenvalue weighted by molar-refractivity contribution is 0.100. The molecule has 0 aliphatic rings. The van der Waals surface area contributed by atoms with Crippen LogP contribution in [0.4, 0.5) is 11.4 Å². The number of aryl methyl sites for hydroxylation is 1. The maximum Gasteiger partial charge on any atom is 0.248 e. The molecule has 100 valence electrons. The van der Waals surface area contributed by atoms with E-state index in [1.54, 1.807) is 18.2 Å². The number of amides is 1. The van der Waals surface area contributed by atoms with E-state index >= 15 is 0 Å². The predicted molar refractivity (Wildman–Crippen MR) is 72.7 cm³/mol. The highest BCUT2D eigenvalue weighted by Gasteiger charge is 2.11. The second-order valence-electron chi connectivity index (χ2n) is 4.42. The molecule has 2 rings (SSSR count). The molecule has 0 spiro atoms. The van der Waals surface area contributed by atoms with Gasteiger partial charge in [-0.15, -0.1) is 0 Å². The van der Waals surface area contributed by atoms with Crippen molar-refractivity contribution >= 4 is 17.3 Å². The molecule has 0 saturated heterocycles. The van der Waals surface area contributed by atoms with E-state index in [4.69, 9.17) is 16.0 Å². The van der Waals surface area contributed by atoms with Crippen LogP contribution in [-0.4, -0.2) is 18.1 Å². The average molecular weight is 260 g/mol. The molecule has 0 atom stereocenters. The van der Waals surface area contributed by atoms with Crippen molar-refractivity contribution in [2.45, 2.75) is 13.5 Å². The minimum atomic E-state index is -0.480. The summed E-state index contributed by atoms with van der Waals surface area (Å²) >= 11 is 0. The van der Waals surface area contributed by atoms with E-state index in [9.17, 15) is 4.79 Å². The number of anilines is 2. The molecule has 4 N–H and O–H groups in total. The fraction of sp³-hybridized carbons (Fsp3) is 0.231. The van der Waals surface area contributed by atoms with Gasteiger partial charge in [0.05, 0.1) is 17.9 Å². The lowest BCUT2D eigenvalue weighted by Gasteiger charge is -2.20. The van der Waals surface area contributed by atoms with Crippen molar-refractivity contribution in [3.8, 4) is 0 Å². The van der Waals surface area contributed by atoms with Gasteiger partial charge in [-0.25, -0.2) is 0 Å². The Morgan fingerprint density at radius 2 is 2.16 bits per heavy atom. The van der Waals surface area contributed by atoms with Gasteiger partial charge in [-0.2, -0.15) is 0 Å². The molecule has 2 aromatic rings. The number of nitrogens with zero attached hydrogens (tertiary/aromatic N) is 2. The highest BCUT2D eigenvalue weighted by molar-refractivity contribution is 5.95. The Morgan fingerprint density at radius 1 is 1.42 bits per heavy atom. The van der Waals surface area contributed by atoms with Crippen LogP contribution < -0.4 is 16.4 Å². The summed E-state index contributed by atoms with van der Waals surface area (Å²) in [4.78, 5) is 13.1. The maximum absolute atomic E-state index is 11.2. The van der Waals surface area contributed by atoms with Crippen molar-refractivity contribution in [1.82, 2.24) is 5.16 Å². The molecule has 0 bridgehead atoms. The summed E-state index contributed by atoms with van der Waals surface area (Å²) in [6.45, 7) is 2.36. The first kappa shape index (κ1) is 12.9. The molecule has 0 saturated carbocycles. The Hall–Kier alpha value is -2.50. The molecule has 0 aliphatic carbocycles. The molecule has 6 heteroatoms. The third-order valence-electron chi connectivity index (χ3n) is 2.80. The molecule has 6 nitrogen and oxygen atoms in total. The highest BCUT2D eigenvalue weighted by atomic mass is 16.5. The monoisotopic (exact) mass is 260 g/mol. The van der Waals surface area contributed by atoms with Crippen molar-refractivity contribution in [3.05, 3.63) is 41.3 Å². The number of aromatic nitrogens is 1. The van der Waals surface area contributed by atoms with Crippen LogP contribution in [0.15, 0.2) is 28.8 Å². The predicted octanol–water partition coefficient (Wildman–Crippen LogP) is 1.30. The number of nitrogens with two attached hydrogens (primary N) is 2. The number of benzene rings is 1. The normalized spacial score (nSPS) is 10.4. The minimum Gasteiger partial charge on any atom is -0.397 e. The van der Waals surface area contributed by atoms with Crippen LogP contribution in [0.25, 0.3) is 0 Å². The summed E-state index contributed by atoms with van der Waals surface area (Å²) in [7, 11) is 1.86. The van der Waals surface area contributed by atoms with Crippen molar-refractivity contribution in [2.75, 3.05) is 17.7 Å². The summed E-state index contributed by atoms with van der Waals surface area (Å²) in [5.74, 6) is 0.272. The zero-order valence-corrected chi connectivity index (χ0v) is 10.9. The van der Waals surface area contributed by atoms with Crippen LogP contribution in [0.3, 0.4) is 0 Å². The van der Waals surface area contributed by atoms with E-state index in [2.05, 4.69) is 5.16 Å². The number of hydrogen-bond acceptors (Lipinski definition) is 5. The zero-order chi connectivity index (χ0) is 14.0. The van der Waals surface area contributed by atoms with Crippen LogP contribution >= 0.6 is 0 Å². The molecule has 0 fully saturated rings. The number of rotatable bonds is 4. The Kier molecular flexibility index (Phi) is 3.41. The van der Waals surface area contributed by atoms with E-state index in [-0.39, 0.29) is 0 Å². The second-order valence-corrected chi connectivity index (χ2v) is 4.42. The van der Waals surface area contributed by atoms with Crippen LogP contribution in [0.1, 0.15) is 21.8 Å². The van der Waals surface area contributed by atoms with E-state index in [0.29, 0.717) is 17.8 Å². The quantitative estimate of drug-likeness (QED) is 0.807. The third kappa shape index (κ3) is 2.85. The molecule has 1 heterocycles. The first-order valence-corrected chi connectivity index (χ1v) is 5.80. The zero-order valence-electron chi connectivity index (χ0n) is 10.9. The van der Waals surface area contributed by atoms with Gasteiger partial charge in [0.15, 0.2) is 0 Å². The van der Waals surface area contributed by atoms with Crippen molar-refractivity contribution in [2.24, 2.45) is 5.73 Å².